The minimum atomic E-state index is -1.25. The van der Waals surface area contributed by atoms with Crippen LogP contribution in [0.4, 0.5) is 0 Å². The van der Waals surface area contributed by atoms with Gasteiger partial charge in [0.15, 0.2) is 8.32 Å². The molecule has 2 heteroatoms. The number of rotatable bonds is 6. The average molecular weight is 174 g/mol. The summed E-state index contributed by atoms with van der Waals surface area (Å²) in [5.74, 6) is 0. The molecule has 0 heterocycles. The Bertz CT molecular complexity index is 76.5. The summed E-state index contributed by atoms with van der Waals surface area (Å²) in [7, 11) is -1.25. The van der Waals surface area contributed by atoms with Crippen molar-refractivity contribution in [1.29, 1.82) is 0 Å². The van der Waals surface area contributed by atoms with Gasteiger partial charge in [0.1, 0.15) is 0 Å². The Balaban J connectivity index is 3.79. The third kappa shape index (κ3) is 4.59. The lowest BCUT2D eigenvalue weighted by atomic mass is 10.6. The average Bonchev–Trinajstić information content (AvgIpc) is 1.88. The standard InChI is InChI=1S/C9H22OSi/c1-5-8-11(4,9-6-2)10-7-3/h5-9H2,1-4H3. The zero-order valence-corrected chi connectivity index (χ0v) is 9.44. The Morgan fingerprint density at radius 3 is 1.73 bits per heavy atom. The van der Waals surface area contributed by atoms with Gasteiger partial charge in [0.2, 0.25) is 0 Å². The van der Waals surface area contributed by atoms with Crippen molar-refractivity contribution in [3.05, 3.63) is 0 Å². The zero-order valence-electron chi connectivity index (χ0n) is 8.44. The van der Waals surface area contributed by atoms with Gasteiger partial charge in [-0.3, -0.25) is 0 Å². The van der Waals surface area contributed by atoms with Crippen LogP contribution in [0.5, 0.6) is 0 Å². The van der Waals surface area contributed by atoms with Gasteiger partial charge in [0.25, 0.3) is 0 Å². The van der Waals surface area contributed by atoms with E-state index < -0.39 is 8.32 Å². The van der Waals surface area contributed by atoms with Crippen molar-refractivity contribution < 1.29 is 4.43 Å². The summed E-state index contributed by atoms with van der Waals surface area (Å²) in [6, 6.07) is 2.66. The van der Waals surface area contributed by atoms with Gasteiger partial charge in [-0.15, -0.1) is 0 Å². The fourth-order valence-electron chi connectivity index (χ4n) is 1.68. The van der Waals surface area contributed by atoms with Gasteiger partial charge >= 0.3 is 0 Å². The van der Waals surface area contributed by atoms with E-state index in [1.807, 2.05) is 0 Å². The summed E-state index contributed by atoms with van der Waals surface area (Å²) in [6.07, 6.45) is 2.56. The van der Waals surface area contributed by atoms with Crippen LogP contribution in [0.2, 0.25) is 18.6 Å². The molecule has 0 saturated heterocycles. The highest BCUT2D eigenvalue weighted by Gasteiger charge is 2.25. The van der Waals surface area contributed by atoms with E-state index in [0.717, 1.165) is 6.61 Å². The van der Waals surface area contributed by atoms with E-state index in [1.54, 1.807) is 0 Å². The van der Waals surface area contributed by atoms with E-state index in [2.05, 4.69) is 27.3 Å². The second-order valence-electron chi connectivity index (χ2n) is 3.38. The molecule has 0 aliphatic heterocycles. The Kier molecular flexibility index (Phi) is 5.87. The smallest absolute Gasteiger partial charge is 0.189 e. The molecule has 0 saturated carbocycles. The van der Waals surface area contributed by atoms with Crippen molar-refractivity contribution in [2.24, 2.45) is 0 Å². The van der Waals surface area contributed by atoms with E-state index in [0.29, 0.717) is 0 Å². The predicted molar refractivity (Wildman–Crippen MR) is 53.4 cm³/mol. The van der Waals surface area contributed by atoms with E-state index in [1.165, 1.54) is 24.9 Å². The Labute approximate surface area is 72.3 Å². The summed E-state index contributed by atoms with van der Waals surface area (Å²) >= 11 is 0. The summed E-state index contributed by atoms with van der Waals surface area (Å²) in [5.41, 5.74) is 0. The molecule has 0 aliphatic rings. The maximum absolute atomic E-state index is 5.85. The van der Waals surface area contributed by atoms with E-state index in [4.69, 9.17) is 4.43 Å². The van der Waals surface area contributed by atoms with Crippen LogP contribution in [0.25, 0.3) is 0 Å². The van der Waals surface area contributed by atoms with Gasteiger partial charge in [0.05, 0.1) is 0 Å². The quantitative estimate of drug-likeness (QED) is 0.561. The third-order valence-corrected chi connectivity index (χ3v) is 6.15. The molecule has 0 bridgehead atoms. The van der Waals surface area contributed by atoms with Crippen molar-refractivity contribution in [1.82, 2.24) is 0 Å². The minimum absolute atomic E-state index is 0.905. The third-order valence-electron chi connectivity index (χ3n) is 2.05. The first-order valence-corrected chi connectivity index (χ1v) is 7.64. The molecule has 0 aliphatic carbocycles. The monoisotopic (exact) mass is 174 g/mol. The van der Waals surface area contributed by atoms with Gasteiger partial charge in [-0.05, 0) is 25.6 Å². The van der Waals surface area contributed by atoms with Crippen LogP contribution in [0, 0.1) is 0 Å². The molecule has 0 aromatic heterocycles. The number of hydrogen-bond donors (Lipinski definition) is 0. The van der Waals surface area contributed by atoms with Crippen molar-refractivity contribution in [2.75, 3.05) is 6.61 Å². The fraction of sp³-hybridized carbons (Fsp3) is 1.00. The minimum Gasteiger partial charge on any atom is -0.417 e. The van der Waals surface area contributed by atoms with Crippen LogP contribution < -0.4 is 0 Å². The SMILES string of the molecule is CCC[Si](C)(CCC)OCC. The molecule has 0 spiro atoms. The lowest BCUT2D eigenvalue weighted by molar-refractivity contribution is 0.322. The molecule has 0 atom stereocenters. The Morgan fingerprint density at radius 1 is 1.00 bits per heavy atom. The van der Waals surface area contributed by atoms with E-state index in [-0.39, 0.29) is 0 Å². The zero-order chi connectivity index (χ0) is 8.74. The van der Waals surface area contributed by atoms with Crippen molar-refractivity contribution in [2.45, 2.75) is 52.2 Å². The van der Waals surface area contributed by atoms with Gasteiger partial charge in [-0.2, -0.15) is 0 Å². The molecule has 0 rings (SSSR count). The Morgan fingerprint density at radius 2 is 1.45 bits per heavy atom. The lowest BCUT2D eigenvalue weighted by Crippen LogP contribution is -2.33. The molecule has 0 aromatic carbocycles. The van der Waals surface area contributed by atoms with E-state index in [9.17, 15) is 0 Å². The van der Waals surface area contributed by atoms with Crippen molar-refractivity contribution in [3.63, 3.8) is 0 Å². The van der Waals surface area contributed by atoms with Crippen LogP contribution in [0.15, 0.2) is 0 Å². The summed E-state index contributed by atoms with van der Waals surface area (Å²) in [4.78, 5) is 0. The first-order valence-electron chi connectivity index (χ1n) is 4.82. The summed E-state index contributed by atoms with van der Waals surface area (Å²) in [6.45, 7) is 9.88. The second-order valence-corrected chi connectivity index (χ2v) is 7.57. The van der Waals surface area contributed by atoms with Crippen LogP contribution in [0.3, 0.4) is 0 Å². The maximum Gasteiger partial charge on any atom is 0.189 e. The van der Waals surface area contributed by atoms with Crippen LogP contribution in [-0.2, 0) is 4.43 Å². The van der Waals surface area contributed by atoms with E-state index >= 15 is 0 Å². The van der Waals surface area contributed by atoms with Crippen LogP contribution >= 0.6 is 0 Å². The van der Waals surface area contributed by atoms with Gasteiger partial charge in [-0.1, -0.05) is 26.7 Å². The molecule has 0 radical (unpaired) electrons. The first-order chi connectivity index (χ1) is 5.18. The van der Waals surface area contributed by atoms with Crippen molar-refractivity contribution in [3.8, 4) is 0 Å². The van der Waals surface area contributed by atoms with Gasteiger partial charge in [-0.25, -0.2) is 0 Å². The normalized spacial score (nSPS) is 12.0. The molecule has 0 unspecified atom stereocenters. The summed E-state index contributed by atoms with van der Waals surface area (Å²) < 4.78 is 5.85. The molecule has 0 aromatic rings. The highest BCUT2D eigenvalue weighted by Crippen LogP contribution is 2.20. The van der Waals surface area contributed by atoms with Gasteiger partial charge < -0.3 is 4.43 Å². The maximum atomic E-state index is 5.85. The van der Waals surface area contributed by atoms with Crippen molar-refractivity contribution >= 4 is 8.32 Å². The largest absolute Gasteiger partial charge is 0.417 e. The van der Waals surface area contributed by atoms with Crippen LogP contribution in [-0.4, -0.2) is 14.9 Å². The highest BCUT2D eigenvalue weighted by atomic mass is 28.4. The number of hydrogen-bond acceptors (Lipinski definition) is 1. The lowest BCUT2D eigenvalue weighted by Gasteiger charge is -2.25. The van der Waals surface area contributed by atoms with Gasteiger partial charge in [0, 0.05) is 6.61 Å². The molecular weight excluding hydrogens is 152 g/mol. The topological polar surface area (TPSA) is 9.23 Å². The molecule has 0 N–H and O–H groups in total. The van der Waals surface area contributed by atoms with Crippen LogP contribution in [0.1, 0.15) is 33.6 Å². The second kappa shape index (κ2) is 5.78. The predicted octanol–water partition coefficient (Wildman–Crippen LogP) is 3.42. The molecule has 11 heavy (non-hydrogen) atoms. The molecular formula is C9H22OSi. The first kappa shape index (κ1) is 11.2. The highest BCUT2D eigenvalue weighted by molar-refractivity contribution is 6.72. The summed E-state index contributed by atoms with van der Waals surface area (Å²) in [5, 5.41) is 0. The molecule has 68 valence electrons. The Hall–Kier alpha value is 0.177. The molecule has 0 amide bonds. The fourth-order valence-corrected chi connectivity index (χ4v) is 5.03. The molecule has 1 nitrogen and oxygen atoms in total. The molecule has 0 fully saturated rings.